The largest absolute Gasteiger partial charge is 0.494 e. The van der Waals surface area contributed by atoms with Crippen LogP contribution in [0.3, 0.4) is 0 Å². The van der Waals surface area contributed by atoms with Crippen LogP contribution in [-0.2, 0) is 13.6 Å². The first-order valence-electron chi connectivity index (χ1n) is 15.9. The Morgan fingerprint density at radius 3 is 1.50 bits per heavy atom. The Hall–Kier alpha value is -4.37. The van der Waals surface area contributed by atoms with Crippen LogP contribution in [0.4, 0.5) is 11.6 Å². The minimum atomic E-state index is -2.64. The number of ether oxygens (including phenoxy) is 2. The summed E-state index contributed by atoms with van der Waals surface area (Å²) in [5.74, 6) is 3.88. The van der Waals surface area contributed by atoms with Gasteiger partial charge in [0.2, 0.25) is 0 Å². The summed E-state index contributed by atoms with van der Waals surface area (Å²) in [4.78, 5) is 17.7. The normalized spacial score (nSPS) is 22.6. The summed E-state index contributed by atoms with van der Waals surface area (Å²) in [5.41, 5.74) is 1.61. The van der Waals surface area contributed by atoms with E-state index >= 15 is 0 Å². The van der Waals surface area contributed by atoms with E-state index in [1.54, 1.807) is 39.4 Å². The van der Waals surface area contributed by atoms with E-state index in [4.69, 9.17) is 18.5 Å². The molecule has 2 saturated carbocycles. The van der Waals surface area contributed by atoms with E-state index in [-0.39, 0.29) is 0 Å². The van der Waals surface area contributed by atoms with Crippen molar-refractivity contribution in [3.63, 3.8) is 0 Å². The van der Waals surface area contributed by atoms with Crippen molar-refractivity contribution >= 4 is 41.7 Å². The van der Waals surface area contributed by atoms with Crippen molar-refractivity contribution in [2.24, 2.45) is 11.8 Å². The van der Waals surface area contributed by atoms with Crippen LogP contribution in [0.15, 0.2) is 73.7 Å². The smallest absolute Gasteiger partial charge is 0.417 e. The molecule has 2 fully saturated rings. The van der Waals surface area contributed by atoms with Gasteiger partial charge >= 0.3 is 8.25 Å². The predicted octanol–water partition coefficient (Wildman–Crippen LogP) is 7.68. The Bertz CT molecular complexity index is 1580. The molecule has 6 rings (SSSR count). The van der Waals surface area contributed by atoms with E-state index in [2.05, 4.69) is 30.6 Å². The molecule has 0 bridgehead atoms. The minimum absolute atomic E-state index is 0.324. The second-order valence-corrected chi connectivity index (χ2v) is 12.8. The Morgan fingerprint density at radius 1 is 0.652 bits per heavy atom. The molecule has 11 nitrogen and oxygen atoms in total. The predicted molar refractivity (Wildman–Crippen MR) is 180 cm³/mol. The number of hydrogen-bond acceptors (Lipinski definition) is 11. The van der Waals surface area contributed by atoms with Crippen LogP contribution >= 0.6 is 8.25 Å². The number of benzene rings is 2. The molecule has 2 aromatic heterocycles. The average molecular weight is 645 g/mol. The molecular weight excluding hydrogens is 603 g/mol. The first-order valence-corrected chi connectivity index (χ1v) is 17.1. The third-order valence-electron chi connectivity index (χ3n) is 8.95. The summed E-state index contributed by atoms with van der Waals surface area (Å²) in [6.07, 6.45) is 18.3. The Labute approximate surface area is 269 Å². The molecule has 4 aromatic rings. The van der Waals surface area contributed by atoms with Gasteiger partial charge in [0.25, 0.3) is 0 Å². The Kier molecular flexibility index (Phi) is 10.5. The molecule has 2 N–H and O–H groups in total. The second-order valence-electron chi connectivity index (χ2n) is 11.8. The van der Waals surface area contributed by atoms with Gasteiger partial charge in [-0.05, 0) is 99.6 Å². The Balaban J connectivity index is 0.890. The van der Waals surface area contributed by atoms with Crippen molar-refractivity contribution in [3.05, 3.63) is 73.7 Å². The van der Waals surface area contributed by atoms with Gasteiger partial charge in [0.15, 0.2) is 0 Å². The lowest BCUT2D eigenvalue weighted by atomic mass is 9.86. The molecule has 2 heterocycles. The van der Waals surface area contributed by atoms with E-state index in [1.165, 1.54) is 0 Å². The van der Waals surface area contributed by atoms with Crippen LogP contribution < -0.4 is 20.1 Å². The zero-order valence-electron chi connectivity index (χ0n) is 26.2. The summed E-state index contributed by atoms with van der Waals surface area (Å²) in [6, 6.07) is 12.4. The molecule has 0 radical (unpaired) electrons. The number of nitrogens with zero attached hydrogens (tertiary/aromatic N) is 4. The van der Waals surface area contributed by atoms with Crippen molar-refractivity contribution in [1.82, 2.24) is 19.9 Å². The molecule has 242 valence electrons. The van der Waals surface area contributed by atoms with E-state index in [1.807, 2.05) is 48.6 Å². The molecular formula is C34H41N6O5P. The molecule has 2 aliphatic carbocycles. The average Bonchev–Trinajstić information content (AvgIpc) is 3.09. The van der Waals surface area contributed by atoms with Crippen LogP contribution in [0.5, 0.6) is 11.5 Å². The molecule has 0 unspecified atom stereocenters. The van der Waals surface area contributed by atoms with Gasteiger partial charge in [0.1, 0.15) is 46.8 Å². The van der Waals surface area contributed by atoms with Gasteiger partial charge in [-0.15, -0.1) is 0 Å². The fraction of sp³-hybridized carbons (Fsp3) is 0.412. The van der Waals surface area contributed by atoms with Gasteiger partial charge in [0.05, 0.1) is 26.7 Å². The molecule has 2 aromatic carbocycles. The maximum Gasteiger partial charge on any atom is 0.417 e. The van der Waals surface area contributed by atoms with Gasteiger partial charge in [-0.1, -0.05) is 12.1 Å². The van der Waals surface area contributed by atoms with Crippen LogP contribution in [0.25, 0.3) is 21.8 Å². The number of aromatic nitrogens is 4. The molecule has 46 heavy (non-hydrogen) atoms. The SMILES string of the molecule is COc1cccc2c(NC3CCC(/C=C/O[PH](=O)O/C=C/C4CCC(Nc5ncnc6c(OC)cccc56)CC4)CC3)ncnc12. The minimum Gasteiger partial charge on any atom is -0.494 e. The van der Waals surface area contributed by atoms with E-state index < -0.39 is 8.25 Å². The highest BCUT2D eigenvalue weighted by molar-refractivity contribution is 7.33. The molecule has 0 amide bonds. The summed E-state index contributed by atoms with van der Waals surface area (Å²) in [7, 11) is 0.656. The van der Waals surface area contributed by atoms with Crippen LogP contribution in [0.2, 0.25) is 0 Å². The number of anilines is 2. The standard InChI is InChI=1S/C34H41N6O5P/c1-42-29-7-3-5-27-31(29)35-21-37-33(27)39-25-13-9-23(10-14-25)17-19-44-46(41)45-20-18-24-11-15-26(16-12-24)40-34-28-6-4-8-30(43-2)32(28)36-22-38-34/h3-8,17-26,46H,9-16H2,1-2H3,(H,35,37,39)(H,36,38,40)/b19-17+,20-18+. The zero-order chi connectivity index (χ0) is 31.7. The quantitative estimate of drug-likeness (QED) is 0.116. The van der Waals surface area contributed by atoms with E-state index in [0.717, 1.165) is 96.3 Å². The number of hydrogen-bond donors (Lipinski definition) is 2. The highest BCUT2D eigenvalue weighted by Gasteiger charge is 2.22. The maximum atomic E-state index is 12.3. The monoisotopic (exact) mass is 644 g/mol. The van der Waals surface area contributed by atoms with Crippen molar-refractivity contribution in [1.29, 1.82) is 0 Å². The number of nitrogens with one attached hydrogen (secondary N) is 2. The molecule has 0 spiro atoms. The molecule has 12 heteroatoms. The van der Waals surface area contributed by atoms with Crippen LogP contribution in [-0.4, -0.2) is 46.2 Å². The number of rotatable bonds is 12. The second kappa shape index (κ2) is 15.3. The van der Waals surface area contributed by atoms with Crippen molar-refractivity contribution in [2.75, 3.05) is 24.9 Å². The van der Waals surface area contributed by atoms with Gasteiger partial charge in [0, 0.05) is 22.9 Å². The van der Waals surface area contributed by atoms with E-state index in [9.17, 15) is 4.57 Å². The number of allylic oxidation sites excluding steroid dienone is 2. The fourth-order valence-electron chi connectivity index (χ4n) is 6.42. The molecule has 0 atom stereocenters. The highest BCUT2D eigenvalue weighted by Crippen LogP contribution is 2.34. The van der Waals surface area contributed by atoms with Crippen LogP contribution in [0, 0.1) is 11.8 Å². The van der Waals surface area contributed by atoms with Crippen molar-refractivity contribution < 1.29 is 23.1 Å². The first kappa shape index (κ1) is 31.6. The summed E-state index contributed by atoms with van der Waals surface area (Å²) in [5, 5.41) is 9.10. The third kappa shape index (κ3) is 7.70. The lowest BCUT2D eigenvalue weighted by Gasteiger charge is -2.28. The lowest BCUT2D eigenvalue weighted by molar-refractivity contribution is 0.340. The lowest BCUT2D eigenvalue weighted by Crippen LogP contribution is -2.26. The first-order chi connectivity index (χ1) is 22.6. The van der Waals surface area contributed by atoms with Gasteiger partial charge in [-0.25, -0.2) is 24.5 Å². The number of methoxy groups -OCH3 is 2. The molecule has 2 aliphatic rings. The Morgan fingerprint density at radius 2 is 1.09 bits per heavy atom. The highest BCUT2D eigenvalue weighted by atomic mass is 31.1. The molecule has 0 saturated heterocycles. The van der Waals surface area contributed by atoms with Crippen LogP contribution in [0.1, 0.15) is 51.4 Å². The third-order valence-corrected chi connectivity index (χ3v) is 9.61. The maximum absolute atomic E-state index is 12.3. The van der Waals surface area contributed by atoms with Gasteiger partial charge < -0.3 is 29.2 Å². The van der Waals surface area contributed by atoms with Gasteiger partial charge in [-0.2, -0.15) is 0 Å². The summed E-state index contributed by atoms with van der Waals surface area (Å²) < 4.78 is 34.0. The number of fused-ring (bicyclic) bond motifs is 2. The topological polar surface area (TPSA) is 130 Å². The van der Waals surface area contributed by atoms with Crippen molar-refractivity contribution in [2.45, 2.75) is 63.5 Å². The summed E-state index contributed by atoms with van der Waals surface area (Å²) >= 11 is 0. The van der Waals surface area contributed by atoms with Crippen molar-refractivity contribution in [3.8, 4) is 11.5 Å². The zero-order valence-corrected chi connectivity index (χ0v) is 27.2. The number of para-hydroxylation sites is 2. The fourth-order valence-corrected chi connectivity index (χ4v) is 6.85. The molecule has 0 aliphatic heterocycles. The van der Waals surface area contributed by atoms with Gasteiger partial charge in [-0.3, -0.25) is 0 Å². The van der Waals surface area contributed by atoms with E-state index in [0.29, 0.717) is 23.9 Å². The summed E-state index contributed by atoms with van der Waals surface area (Å²) in [6.45, 7) is 0.